The molecule has 162 valence electrons. The van der Waals surface area contributed by atoms with Crippen LogP contribution in [0.4, 0.5) is 5.69 Å². The second kappa shape index (κ2) is 9.49. The minimum absolute atomic E-state index is 0.109. The molecule has 1 aromatic heterocycles. The standard InChI is InChI=1S/C23H19N2O6P/c1-2-29-23(26)21-22(19-15-16(25(27)28)13-14-20(19)24-21)32(30-17-9-5-3-6-10-17)31-18-11-7-4-8-12-18/h3-15,24H,2H2,1H3. The van der Waals surface area contributed by atoms with Gasteiger partial charge in [0.15, 0.2) is 0 Å². The van der Waals surface area contributed by atoms with Crippen molar-refractivity contribution in [2.75, 3.05) is 6.61 Å². The van der Waals surface area contributed by atoms with Crippen molar-refractivity contribution in [2.24, 2.45) is 0 Å². The second-order valence-electron chi connectivity index (χ2n) is 6.62. The summed E-state index contributed by atoms with van der Waals surface area (Å²) in [4.78, 5) is 26.7. The summed E-state index contributed by atoms with van der Waals surface area (Å²) >= 11 is 0. The molecule has 1 N–H and O–H groups in total. The molecule has 0 spiro atoms. The minimum Gasteiger partial charge on any atom is -0.461 e. The van der Waals surface area contributed by atoms with Crippen LogP contribution < -0.4 is 14.4 Å². The number of H-pyrrole nitrogens is 1. The Balaban J connectivity index is 1.90. The van der Waals surface area contributed by atoms with Crippen LogP contribution >= 0.6 is 8.38 Å². The van der Waals surface area contributed by atoms with Crippen LogP contribution in [0.25, 0.3) is 10.9 Å². The first-order valence-corrected chi connectivity index (χ1v) is 11.0. The number of ether oxygens (including phenoxy) is 1. The van der Waals surface area contributed by atoms with Crippen LogP contribution in [0.1, 0.15) is 17.4 Å². The van der Waals surface area contributed by atoms with Crippen LogP contribution in [0.15, 0.2) is 78.9 Å². The quantitative estimate of drug-likeness (QED) is 0.168. The van der Waals surface area contributed by atoms with Gasteiger partial charge in [-0.3, -0.25) is 10.1 Å². The maximum Gasteiger partial charge on any atom is 0.355 e. The fraction of sp³-hybridized carbons (Fsp3) is 0.0870. The Labute approximate surface area is 184 Å². The minimum atomic E-state index is -1.92. The number of rotatable bonds is 8. The average Bonchev–Trinajstić information content (AvgIpc) is 3.19. The van der Waals surface area contributed by atoms with Gasteiger partial charge in [-0.1, -0.05) is 36.4 Å². The summed E-state index contributed by atoms with van der Waals surface area (Å²) in [5.74, 6) is 0.468. The zero-order valence-corrected chi connectivity index (χ0v) is 18.0. The van der Waals surface area contributed by atoms with E-state index >= 15 is 0 Å². The van der Waals surface area contributed by atoms with E-state index < -0.39 is 19.3 Å². The van der Waals surface area contributed by atoms with Gasteiger partial charge in [-0.2, -0.15) is 0 Å². The first-order valence-electron chi connectivity index (χ1n) is 9.80. The van der Waals surface area contributed by atoms with E-state index in [1.54, 1.807) is 37.3 Å². The van der Waals surface area contributed by atoms with Crippen LogP contribution in [0, 0.1) is 10.1 Å². The maximum absolute atomic E-state index is 12.8. The molecule has 0 bridgehead atoms. The predicted octanol–water partition coefficient (Wildman–Crippen LogP) is 5.35. The largest absolute Gasteiger partial charge is 0.461 e. The van der Waals surface area contributed by atoms with Gasteiger partial charge < -0.3 is 18.8 Å². The first-order chi connectivity index (χ1) is 15.6. The number of aromatic amines is 1. The lowest BCUT2D eigenvalue weighted by molar-refractivity contribution is -0.384. The molecule has 0 amide bonds. The van der Waals surface area contributed by atoms with Crippen molar-refractivity contribution < 1.29 is 23.5 Å². The third-order valence-corrected chi connectivity index (χ3v) is 6.07. The van der Waals surface area contributed by atoms with Gasteiger partial charge in [0, 0.05) is 23.0 Å². The van der Waals surface area contributed by atoms with E-state index in [1.807, 2.05) is 36.4 Å². The van der Waals surface area contributed by atoms with E-state index in [0.29, 0.717) is 27.7 Å². The van der Waals surface area contributed by atoms with Crippen LogP contribution in [0.3, 0.4) is 0 Å². The number of carbonyl (C=O) groups excluding carboxylic acids is 1. The number of hydrogen-bond acceptors (Lipinski definition) is 6. The van der Waals surface area contributed by atoms with Crippen LogP contribution in [0.5, 0.6) is 11.5 Å². The maximum atomic E-state index is 12.8. The summed E-state index contributed by atoms with van der Waals surface area (Å²) in [5.41, 5.74) is 0.567. The molecular weight excluding hydrogens is 431 g/mol. The number of aromatic nitrogens is 1. The first kappa shape index (κ1) is 21.3. The van der Waals surface area contributed by atoms with Gasteiger partial charge in [0.05, 0.1) is 16.8 Å². The Kier molecular flexibility index (Phi) is 6.33. The third kappa shape index (κ3) is 4.55. The highest BCUT2D eigenvalue weighted by molar-refractivity contribution is 7.57. The molecule has 0 saturated heterocycles. The van der Waals surface area contributed by atoms with Gasteiger partial charge in [0.2, 0.25) is 0 Å². The number of para-hydroxylation sites is 2. The van der Waals surface area contributed by atoms with Crippen LogP contribution in [-0.2, 0) is 4.74 Å². The summed E-state index contributed by atoms with van der Waals surface area (Å²) in [6.07, 6.45) is 0. The number of carbonyl (C=O) groups is 1. The van der Waals surface area contributed by atoms with Crippen LogP contribution in [0.2, 0.25) is 0 Å². The van der Waals surface area contributed by atoms with Crippen molar-refractivity contribution in [1.29, 1.82) is 0 Å². The lowest BCUT2D eigenvalue weighted by Crippen LogP contribution is -2.19. The zero-order chi connectivity index (χ0) is 22.5. The van der Waals surface area contributed by atoms with E-state index in [9.17, 15) is 14.9 Å². The highest BCUT2D eigenvalue weighted by atomic mass is 31.2. The van der Waals surface area contributed by atoms with E-state index in [-0.39, 0.29) is 18.0 Å². The number of nitro benzene ring substituents is 1. The third-order valence-electron chi connectivity index (χ3n) is 4.49. The summed E-state index contributed by atoms with van der Waals surface area (Å²) in [7, 11) is -1.92. The molecule has 0 aliphatic carbocycles. The van der Waals surface area contributed by atoms with Gasteiger partial charge in [-0.25, -0.2) is 4.79 Å². The Morgan fingerprint density at radius 3 is 2.09 bits per heavy atom. The number of esters is 1. The van der Waals surface area contributed by atoms with Gasteiger partial charge in [-0.15, -0.1) is 0 Å². The van der Waals surface area contributed by atoms with Gasteiger partial charge in [0.25, 0.3) is 5.69 Å². The SMILES string of the molecule is CCOC(=O)c1[nH]c2ccc([N+](=O)[O-])cc2c1P(Oc1ccccc1)Oc1ccccc1. The smallest absolute Gasteiger partial charge is 0.355 e. The van der Waals surface area contributed by atoms with Crippen molar-refractivity contribution in [3.8, 4) is 11.5 Å². The predicted molar refractivity (Wildman–Crippen MR) is 122 cm³/mol. The Hall–Kier alpha value is -3.90. The number of nitrogens with zero attached hydrogens (tertiary/aromatic N) is 1. The molecule has 0 aliphatic rings. The molecule has 0 unspecified atom stereocenters. The summed E-state index contributed by atoms with van der Waals surface area (Å²) in [6, 6.07) is 22.4. The number of nitrogens with one attached hydrogen (secondary N) is 1. The zero-order valence-electron chi connectivity index (χ0n) is 17.1. The van der Waals surface area contributed by atoms with Crippen molar-refractivity contribution in [3.05, 3.63) is 94.7 Å². The van der Waals surface area contributed by atoms with E-state index in [4.69, 9.17) is 13.8 Å². The topological polar surface area (TPSA) is 104 Å². The molecular formula is C23H19N2O6P. The highest BCUT2D eigenvalue weighted by Crippen LogP contribution is 2.43. The lowest BCUT2D eigenvalue weighted by Gasteiger charge is -2.19. The van der Waals surface area contributed by atoms with Crippen molar-refractivity contribution >= 4 is 36.2 Å². The monoisotopic (exact) mass is 450 g/mol. The number of hydrogen-bond donors (Lipinski definition) is 1. The van der Waals surface area contributed by atoms with Gasteiger partial charge in [-0.05, 0) is 37.3 Å². The normalized spacial score (nSPS) is 10.8. The molecule has 9 heteroatoms. The Morgan fingerprint density at radius 2 is 1.56 bits per heavy atom. The molecule has 4 rings (SSSR count). The molecule has 4 aromatic rings. The fourth-order valence-corrected chi connectivity index (χ4v) is 4.64. The van der Waals surface area contributed by atoms with Crippen molar-refractivity contribution in [3.63, 3.8) is 0 Å². The average molecular weight is 450 g/mol. The molecule has 3 aromatic carbocycles. The van der Waals surface area contributed by atoms with Crippen molar-refractivity contribution in [2.45, 2.75) is 6.92 Å². The molecule has 0 saturated carbocycles. The molecule has 0 aliphatic heterocycles. The van der Waals surface area contributed by atoms with Gasteiger partial charge >= 0.3 is 14.3 Å². The summed E-state index contributed by atoms with van der Waals surface area (Å²) in [6.45, 7) is 1.87. The highest BCUT2D eigenvalue weighted by Gasteiger charge is 2.31. The molecule has 1 heterocycles. The molecule has 0 atom stereocenters. The number of non-ortho nitro benzene ring substituents is 1. The molecule has 0 radical (unpaired) electrons. The number of nitro groups is 1. The van der Waals surface area contributed by atoms with E-state index in [0.717, 1.165) is 0 Å². The molecule has 32 heavy (non-hydrogen) atoms. The summed E-state index contributed by atoms with van der Waals surface area (Å²) in [5, 5.41) is 12.2. The van der Waals surface area contributed by atoms with Crippen LogP contribution in [-0.4, -0.2) is 22.5 Å². The van der Waals surface area contributed by atoms with Gasteiger partial charge in [0.1, 0.15) is 17.2 Å². The number of fused-ring (bicyclic) bond motifs is 1. The second-order valence-corrected chi connectivity index (χ2v) is 7.95. The lowest BCUT2D eigenvalue weighted by atomic mass is 10.2. The fourth-order valence-electron chi connectivity index (χ4n) is 3.08. The number of benzene rings is 3. The van der Waals surface area contributed by atoms with E-state index in [2.05, 4.69) is 4.98 Å². The molecule has 8 nitrogen and oxygen atoms in total. The Bertz CT molecular complexity index is 1200. The van der Waals surface area contributed by atoms with Crippen molar-refractivity contribution in [1.82, 2.24) is 4.98 Å². The Morgan fingerprint density at radius 1 is 0.969 bits per heavy atom. The summed E-state index contributed by atoms with van der Waals surface area (Å²) < 4.78 is 17.6. The molecule has 0 fully saturated rings. The van der Waals surface area contributed by atoms with E-state index in [1.165, 1.54) is 12.1 Å².